The van der Waals surface area contributed by atoms with Gasteiger partial charge in [0.05, 0.1) is 11.6 Å². The topological polar surface area (TPSA) is 61.4 Å². The van der Waals surface area contributed by atoms with E-state index in [1.54, 1.807) is 9.36 Å². The molecule has 0 amide bonds. The van der Waals surface area contributed by atoms with Crippen LogP contribution in [0.2, 0.25) is 0 Å². The Hall–Kier alpha value is -2.62. The second-order valence-electron chi connectivity index (χ2n) is 10.1. The summed E-state index contributed by atoms with van der Waals surface area (Å²) in [6.45, 7) is 12.9. The Balaban J connectivity index is 0.00000306. The minimum absolute atomic E-state index is 0. The van der Waals surface area contributed by atoms with Crippen LogP contribution in [0.25, 0.3) is 11.6 Å². The van der Waals surface area contributed by atoms with Gasteiger partial charge in [-0.05, 0) is 47.2 Å². The first-order valence-corrected chi connectivity index (χ1v) is 11.0. The Morgan fingerprint density at radius 1 is 0.667 bits per heavy atom. The fraction of sp³-hybridized carbons (Fsp3) is 0.385. The number of nitrogens with zero attached hydrogens (tertiary/aromatic N) is 6. The molecule has 4 rings (SSSR count). The Kier molecular flexibility index (Phi) is 7.36. The normalized spacial score (nSPS) is 11.9. The first-order chi connectivity index (χ1) is 15.1. The van der Waals surface area contributed by atoms with Gasteiger partial charge in [-0.25, -0.2) is 0 Å². The maximum Gasteiger partial charge on any atom is 2.00 e. The number of hydrogen-bond acceptors (Lipinski definition) is 4. The molecule has 0 spiro atoms. The third-order valence-electron chi connectivity index (χ3n) is 5.25. The van der Waals surface area contributed by atoms with E-state index in [-0.39, 0.29) is 31.3 Å². The van der Waals surface area contributed by atoms with Gasteiger partial charge in [0.25, 0.3) is 0 Å². The molecule has 4 aromatic rings. The van der Waals surface area contributed by atoms with Crippen molar-refractivity contribution in [2.24, 2.45) is 0 Å². The van der Waals surface area contributed by atoms with E-state index in [0.29, 0.717) is 0 Å². The number of aryl methyl sites for hydroxylation is 2. The number of hydrogen-bond donors (Lipinski definition) is 0. The van der Waals surface area contributed by atoms with Gasteiger partial charge in [0.2, 0.25) is 0 Å². The monoisotopic (exact) mass is 532 g/mol. The van der Waals surface area contributed by atoms with Crippen molar-refractivity contribution in [2.45, 2.75) is 65.2 Å². The van der Waals surface area contributed by atoms with Crippen molar-refractivity contribution < 1.29 is 20.4 Å². The third kappa shape index (κ3) is 6.04. The molecule has 33 heavy (non-hydrogen) atoms. The van der Waals surface area contributed by atoms with Crippen LogP contribution in [0.1, 0.15) is 64.3 Å². The number of rotatable bonds is 5. The largest absolute Gasteiger partial charge is 2.00 e. The molecule has 0 saturated carbocycles. The molecule has 6 nitrogen and oxygen atoms in total. The summed E-state index contributed by atoms with van der Waals surface area (Å²) >= 11 is 0. The summed E-state index contributed by atoms with van der Waals surface area (Å²) in [5.41, 5.74) is 3.95. The Morgan fingerprint density at radius 3 is 1.39 bits per heavy atom. The van der Waals surface area contributed by atoms with Crippen LogP contribution in [0.3, 0.4) is 0 Å². The fourth-order valence-corrected chi connectivity index (χ4v) is 3.25. The van der Waals surface area contributed by atoms with Crippen LogP contribution in [0.15, 0.2) is 48.5 Å². The summed E-state index contributed by atoms with van der Waals surface area (Å²) in [6, 6.07) is 15.9. The fourth-order valence-electron chi connectivity index (χ4n) is 3.25. The molecule has 0 aliphatic carbocycles. The minimum atomic E-state index is -0.0182. The van der Waals surface area contributed by atoms with Gasteiger partial charge in [-0.2, -0.15) is 0 Å². The summed E-state index contributed by atoms with van der Waals surface area (Å²) in [5.74, 6) is 1.56. The van der Waals surface area contributed by atoms with E-state index >= 15 is 0 Å². The molecule has 174 valence electrons. The predicted molar refractivity (Wildman–Crippen MR) is 125 cm³/mol. The van der Waals surface area contributed by atoms with Crippen LogP contribution in [-0.2, 0) is 44.1 Å². The molecule has 0 radical (unpaired) electrons. The zero-order valence-electron chi connectivity index (χ0n) is 20.0. The van der Waals surface area contributed by atoms with E-state index in [1.807, 2.05) is 48.5 Å². The molecular formula is C26H30N6Pd. The Bertz CT molecular complexity index is 1110. The van der Waals surface area contributed by atoms with Gasteiger partial charge in [-0.1, -0.05) is 78.2 Å². The van der Waals surface area contributed by atoms with Crippen LogP contribution in [0.5, 0.6) is 0 Å². The summed E-state index contributed by atoms with van der Waals surface area (Å²) in [7, 11) is 0. The van der Waals surface area contributed by atoms with E-state index in [1.165, 1.54) is 0 Å². The smallest absolute Gasteiger partial charge is 0.343 e. The molecule has 0 aliphatic rings. The van der Waals surface area contributed by atoms with Crippen molar-refractivity contribution in [1.29, 1.82) is 0 Å². The summed E-state index contributed by atoms with van der Waals surface area (Å²) in [4.78, 5) is 9.56. The predicted octanol–water partition coefficient (Wildman–Crippen LogP) is 4.83. The van der Waals surface area contributed by atoms with Crippen molar-refractivity contribution in [3.63, 3.8) is 0 Å². The molecule has 7 heteroatoms. The van der Waals surface area contributed by atoms with Crippen molar-refractivity contribution >= 4 is 0 Å². The van der Waals surface area contributed by atoms with Crippen molar-refractivity contribution in [3.05, 3.63) is 83.7 Å². The van der Waals surface area contributed by atoms with Crippen LogP contribution in [0, 0.1) is 12.4 Å². The summed E-state index contributed by atoms with van der Waals surface area (Å²) < 4.78 is 3.45. The van der Waals surface area contributed by atoms with Crippen LogP contribution >= 0.6 is 0 Å². The van der Waals surface area contributed by atoms with Crippen molar-refractivity contribution in [2.75, 3.05) is 0 Å². The van der Waals surface area contributed by atoms with Crippen molar-refractivity contribution in [3.8, 4) is 11.6 Å². The molecule has 0 N–H and O–H groups in total. The number of aromatic nitrogens is 6. The van der Waals surface area contributed by atoms with Crippen LogP contribution < -0.4 is 0 Å². The molecule has 0 aliphatic heterocycles. The average molecular weight is 533 g/mol. The molecule has 0 atom stereocenters. The van der Waals surface area contributed by atoms with E-state index in [4.69, 9.17) is 9.97 Å². The molecule has 4 aromatic heterocycles. The average Bonchev–Trinajstić information content (AvgIpc) is 3.42. The standard InChI is InChI=1S/C26H30N6.Pd/c1-25(2,3)21-15-17-31(29-21)23-11-7-9-19(27-23)13-14-20-10-8-12-24(28-20)32-18-16-22(30-32)26(4,5)6;/h7-12,15-16H,13-14H2,1-6H3;/q-2;+2. The summed E-state index contributed by atoms with van der Waals surface area (Å²) in [5, 5.41) is 9.30. The third-order valence-corrected chi connectivity index (χ3v) is 5.25. The molecule has 0 bridgehead atoms. The van der Waals surface area contributed by atoms with Crippen LogP contribution in [0.4, 0.5) is 0 Å². The maximum atomic E-state index is 4.78. The SMILES string of the molecule is CC(C)(C)c1c[c-]n(-c2cccc(CCc3cccc(-n4[c-]cc(C(C)(C)C)n4)n3)n2)n1.[Pd+2]. The van der Waals surface area contributed by atoms with Gasteiger partial charge in [0.1, 0.15) is 0 Å². The van der Waals surface area contributed by atoms with E-state index in [2.05, 4.69) is 64.1 Å². The van der Waals surface area contributed by atoms with Gasteiger partial charge in [-0.3, -0.25) is 20.2 Å². The van der Waals surface area contributed by atoms with E-state index in [9.17, 15) is 0 Å². The molecule has 0 unspecified atom stereocenters. The molecule has 4 heterocycles. The Labute approximate surface area is 210 Å². The van der Waals surface area contributed by atoms with Gasteiger partial charge in [-0.15, -0.1) is 12.1 Å². The first-order valence-electron chi connectivity index (χ1n) is 11.0. The molecule has 0 fully saturated rings. The molecule has 0 saturated heterocycles. The molecule has 0 aromatic carbocycles. The number of pyridine rings is 2. The van der Waals surface area contributed by atoms with E-state index < -0.39 is 0 Å². The molecular weight excluding hydrogens is 503 g/mol. The summed E-state index contributed by atoms with van der Waals surface area (Å²) in [6.07, 6.45) is 7.94. The first kappa shape index (κ1) is 25.0. The van der Waals surface area contributed by atoms with Gasteiger partial charge in [0, 0.05) is 11.4 Å². The zero-order chi connectivity index (χ0) is 22.9. The zero-order valence-corrected chi connectivity index (χ0v) is 21.6. The minimum Gasteiger partial charge on any atom is -0.343 e. The maximum absolute atomic E-state index is 4.78. The second kappa shape index (κ2) is 9.71. The van der Waals surface area contributed by atoms with Crippen LogP contribution in [-0.4, -0.2) is 29.5 Å². The van der Waals surface area contributed by atoms with Gasteiger partial charge in [0.15, 0.2) is 0 Å². The second-order valence-corrected chi connectivity index (χ2v) is 10.1. The van der Waals surface area contributed by atoms with Gasteiger partial charge < -0.3 is 9.36 Å². The quantitative estimate of drug-likeness (QED) is 0.273. The Morgan fingerprint density at radius 2 is 1.06 bits per heavy atom. The van der Waals surface area contributed by atoms with Crippen molar-refractivity contribution in [1.82, 2.24) is 29.5 Å². The van der Waals surface area contributed by atoms with E-state index in [0.717, 1.165) is 47.3 Å². The van der Waals surface area contributed by atoms with Gasteiger partial charge >= 0.3 is 20.4 Å².